The maximum atomic E-state index is 12.4. The fraction of sp³-hybridized carbons (Fsp3) is 0.818. The summed E-state index contributed by atoms with van der Waals surface area (Å²) in [5.41, 5.74) is 1.28. The van der Waals surface area contributed by atoms with Crippen molar-refractivity contribution in [1.29, 1.82) is 0 Å². The van der Waals surface area contributed by atoms with E-state index < -0.39 is 11.2 Å². The molecule has 7 aliphatic rings. The molecule has 1 aromatic rings. The van der Waals surface area contributed by atoms with E-state index in [0.29, 0.717) is 6.04 Å². The van der Waals surface area contributed by atoms with E-state index in [9.17, 15) is 5.11 Å². The number of ether oxygens (including phenoxy) is 3. The molecule has 0 aromatic heterocycles. The lowest BCUT2D eigenvalue weighted by Crippen LogP contribution is -2.83. The molecule has 2 aliphatic heterocycles. The maximum Gasteiger partial charge on any atom is 0.165 e. The van der Waals surface area contributed by atoms with Crippen LogP contribution in [0.25, 0.3) is 0 Å². The Morgan fingerprint density at radius 2 is 1.92 bits per heavy atom. The number of rotatable bonds is 8. The van der Waals surface area contributed by atoms with Crippen LogP contribution in [0, 0.1) is 22.7 Å². The van der Waals surface area contributed by atoms with Gasteiger partial charge in [-0.15, -0.1) is 0 Å². The van der Waals surface area contributed by atoms with Gasteiger partial charge in [-0.05, 0) is 87.8 Å². The summed E-state index contributed by atoms with van der Waals surface area (Å²) in [6.07, 6.45) is 10.2. The van der Waals surface area contributed by atoms with Crippen molar-refractivity contribution in [3.05, 3.63) is 23.3 Å². The topological polar surface area (TPSA) is 51.2 Å². The number of hydrogen-bond acceptors (Lipinski definition) is 5. The Hall–Kier alpha value is -1.30. The number of fused-ring (bicyclic) bond motifs is 2. The summed E-state index contributed by atoms with van der Waals surface area (Å²) in [7, 11) is 1.88. The Morgan fingerprint density at radius 1 is 1.13 bits per heavy atom. The summed E-state index contributed by atoms with van der Waals surface area (Å²) in [5.74, 6) is 2.80. The molecule has 4 bridgehead atoms. The van der Waals surface area contributed by atoms with Gasteiger partial charge >= 0.3 is 0 Å². The first-order valence-electron chi connectivity index (χ1n) is 15.5. The van der Waals surface area contributed by atoms with Gasteiger partial charge in [0, 0.05) is 42.0 Å². The first-order chi connectivity index (χ1) is 18.1. The number of methoxy groups -OCH3 is 1. The standard InChI is InChI=1S/C33H49NO4/c1-7-8-17-37-23-12-11-22-18-25-31-13-14-33(36-6,24(19-31)30(5,35)29(2,3)4)28-32(31,26(22)27(23)38-28)15-16-34(25)20-21-9-10-21/h11-12,21,24-25,28,35H,7-10,13-20H2,1-6H3/t24-,25-,28-,30+,31+,32+,33?/m1/s1. The second-order valence-electron chi connectivity index (χ2n) is 15.0. The van der Waals surface area contributed by atoms with Crippen molar-refractivity contribution in [2.45, 2.75) is 121 Å². The zero-order valence-corrected chi connectivity index (χ0v) is 24.6. The zero-order chi connectivity index (χ0) is 26.7. The van der Waals surface area contributed by atoms with E-state index in [1.54, 1.807) is 0 Å². The van der Waals surface area contributed by atoms with Crippen LogP contribution in [0.3, 0.4) is 0 Å². The first kappa shape index (κ1) is 25.7. The summed E-state index contributed by atoms with van der Waals surface area (Å²) in [6, 6.07) is 5.04. The third kappa shape index (κ3) is 3.00. The second kappa shape index (κ2) is 8.13. The third-order valence-corrected chi connectivity index (χ3v) is 12.6. The monoisotopic (exact) mass is 523 g/mol. The van der Waals surface area contributed by atoms with Crippen molar-refractivity contribution in [2.24, 2.45) is 22.7 Å². The van der Waals surface area contributed by atoms with Crippen molar-refractivity contribution >= 4 is 0 Å². The lowest BCUT2D eigenvalue weighted by Gasteiger charge is -2.75. The molecule has 38 heavy (non-hydrogen) atoms. The first-order valence-corrected chi connectivity index (χ1v) is 15.5. The molecule has 5 heteroatoms. The second-order valence-corrected chi connectivity index (χ2v) is 15.0. The Morgan fingerprint density at radius 3 is 2.61 bits per heavy atom. The van der Waals surface area contributed by atoms with E-state index >= 15 is 0 Å². The van der Waals surface area contributed by atoms with E-state index in [0.717, 1.165) is 75.5 Å². The fourth-order valence-corrected chi connectivity index (χ4v) is 10.0. The van der Waals surface area contributed by atoms with Gasteiger partial charge < -0.3 is 19.3 Å². The molecular weight excluding hydrogens is 474 g/mol. The summed E-state index contributed by atoms with van der Waals surface area (Å²) in [6.45, 7) is 14.0. The van der Waals surface area contributed by atoms with Gasteiger partial charge in [0.25, 0.3) is 0 Å². The minimum absolute atomic E-state index is 0.00979. The SMILES string of the molecule is CCCCOc1ccc2c3c1O[C@H]1C4(OC)CC[C@]5(C[C@@H]4[C@](C)(O)C(C)(C)C)[C@@H](C2)N(CC2CC2)CC[C@]315. The van der Waals surface area contributed by atoms with E-state index in [1.165, 1.54) is 30.5 Å². The van der Waals surface area contributed by atoms with Gasteiger partial charge in [-0.3, -0.25) is 4.90 Å². The van der Waals surface area contributed by atoms with Crippen LogP contribution in [0.1, 0.15) is 97.1 Å². The maximum absolute atomic E-state index is 12.4. The van der Waals surface area contributed by atoms with Gasteiger partial charge in [-0.2, -0.15) is 0 Å². The highest BCUT2D eigenvalue weighted by Gasteiger charge is 2.82. The quantitative estimate of drug-likeness (QED) is 0.431. The number of unbranched alkanes of at least 4 members (excludes halogenated alkanes) is 1. The molecule has 8 rings (SSSR count). The van der Waals surface area contributed by atoms with E-state index in [4.69, 9.17) is 14.2 Å². The van der Waals surface area contributed by atoms with Crippen LogP contribution in [0.15, 0.2) is 12.1 Å². The molecule has 5 fully saturated rings. The number of aliphatic hydroxyl groups is 1. The summed E-state index contributed by atoms with van der Waals surface area (Å²) >= 11 is 0. The summed E-state index contributed by atoms with van der Waals surface area (Å²) in [5, 5.41) is 12.4. The summed E-state index contributed by atoms with van der Waals surface area (Å²) < 4.78 is 20.4. The Kier molecular flexibility index (Phi) is 5.49. The van der Waals surface area contributed by atoms with Gasteiger partial charge in [0.05, 0.1) is 12.2 Å². The zero-order valence-electron chi connectivity index (χ0n) is 24.6. The minimum atomic E-state index is -0.882. The van der Waals surface area contributed by atoms with Crippen LogP contribution >= 0.6 is 0 Å². The normalized spacial score (nSPS) is 40.4. The number of nitrogens with zero attached hydrogens (tertiary/aromatic N) is 1. The van der Waals surface area contributed by atoms with E-state index in [-0.39, 0.29) is 28.3 Å². The molecule has 2 heterocycles. The van der Waals surface area contributed by atoms with Gasteiger partial charge in [0.1, 0.15) is 11.7 Å². The lowest BCUT2D eigenvalue weighted by atomic mass is 9.33. The number of likely N-dealkylation sites (tertiary alicyclic amines) is 1. The molecule has 4 saturated carbocycles. The van der Waals surface area contributed by atoms with Gasteiger partial charge in [-0.1, -0.05) is 40.2 Å². The highest BCUT2D eigenvalue weighted by Crippen LogP contribution is 2.78. The molecule has 2 spiro atoms. The third-order valence-electron chi connectivity index (χ3n) is 12.6. The summed E-state index contributed by atoms with van der Waals surface area (Å²) in [4.78, 5) is 2.88. The Bertz CT molecular complexity index is 1120. The van der Waals surface area contributed by atoms with Gasteiger partial charge in [0.15, 0.2) is 11.5 Å². The van der Waals surface area contributed by atoms with E-state index in [2.05, 4.69) is 51.7 Å². The van der Waals surface area contributed by atoms with Crippen molar-refractivity contribution in [3.63, 3.8) is 0 Å². The van der Waals surface area contributed by atoms with Crippen LogP contribution in [-0.2, 0) is 16.6 Å². The Balaban J connectivity index is 1.43. The predicted molar refractivity (Wildman–Crippen MR) is 149 cm³/mol. The fourth-order valence-electron chi connectivity index (χ4n) is 10.0. The number of hydrogen-bond donors (Lipinski definition) is 1. The van der Waals surface area contributed by atoms with Gasteiger partial charge in [-0.25, -0.2) is 0 Å². The lowest BCUT2D eigenvalue weighted by molar-refractivity contribution is -0.312. The number of benzene rings is 1. The molecular formula is C33H49NO4. The molecule has 7 atom stereocenters. The highest BCUT2D eigenvalue weighted by atomic mass is 16.6. The van der Waals surface area contributed by atoms with Crippen LogP contribution < -0.4 is 9.47 Å². The number of piperidine rings is 1. The van der Waals surface area contributed by atoms with E-state index in [1.807, 2.05) is 7.11 Å². The van der Waals surface area contributed by atoms with Crippen molar-refractivity contribution < 1.29 is 19.3 Å². The molecule has 5 nitrogen and oxygen atoms in total. The molecule has 0 radical (unpaired) electrons. The molecule has 1 unspecified atom stereocenters. The average molecular weight is 524 g/mol. The van der Waals surface area contributed by atoms with Crippen LogP contribution in [0.4, 0.5) is 0 Å². The van der Waals surface area contributed by atoms with Crippen molar-refractivity contribution in [3.8, 4) is 11.5 Å². The molecule has 0 amide bonds. The molecule has 210 valence electrons. The van der Waals surface area contributed by atoms with Crippen LogP contribution in [0.2, 0.25) is 0 Å². The van der Waals surface area contributed by atoms with Gasteiger partial charge in [0.2, 0.25) is 0 Å². The molecule has 5 aliphatic carbocycles. The molecule has 1 N–H and O–H groups in total. The minimum Gasteiger partial charge on any atom is -0.490 e. The van der Waals surface area contributed by atoms with Crippen molar-refractivity contribution in [1.82, 2.24) is 4.90 Å². The largest absolute Gasteiger partial charge is 0.490 e. The van der Waals surface area contributed by atoms with Crippen LogP contribution in [0.5, 0.6) is 11.5 Å². The molecule has 1 saturated heterocycles. The Labute approximate surface area is 229 Å². The predicted octanol–water partition coefficient (Wildman–Crippen LogP) is 5.89. The average Bonchev–Trinajstić information content (AvgIpc) is 3.62. The smallest absolute Gasteiger partial charge is 0.165 e. The molecule has 1 aromatic carbocycles. The van der Waals surface area contributed by atoms with Crippen LogP contribution in [-0.4, -0.2) is 60.2 Å². The highest BCUT2D eigenvalue weighted by molar-refractivity contribution is 5.63. The van der Waals surface area contributed by atoms with Crippen molar-refractivity contribution in [2.75, 3.05) is 26.8 Å².